The van der Waals surface area contributed by atoms with Crippen molar-refractivity contribution in [2.24, 2.45) is 17.8 Å². The predicted octanol–water partition coefficient (Wildman–Crippen LogP) is 2.33. The van der Waals surface area contributed by atoms with Crippen LogP contribution in [0.25, 0.3) is 0 Å². The average molecular weight is 623 g/mol. The molecule has 0 radical (unpaired) electrons. The van der Waals surface area contributed by atoms with Gasteiger partial charge in [-0.1, -0.05) is 26.0 Å². The number of aliphatic hydroxyl groups excluding tert-OH is 2. The van der Waals surface area contributed by atoms with E-state index >= 15 is 0 Å². The minimum Gasteiger partial charge on any atom is -0.497 e. The highest BCUT2D eigenvalue weighted by Crippen LogP contribution is 2.42. The number of methoxy groups -OCH3 is 2. The van der Waals surface area contributed by atoms with Gasteiger partial charge in [-0.2, -0.15) is 4.31 Å². The molecule has 7 atom stereocenters. The van der Waals surface area contributed by atoms with Gasteiger partial charge in [-0.05, 0) is 66.6 Å². The van der Waals surface area contributed by atoms with E-state index in [9.17, 15) is 28.5 Å². The standard InChI is InChI=1S/C30H42N2O10S/c1-18(2)16-32(43(37,38)22-11-9-21(40-4)10-12-22)27(23-13-14-41-29-26(23)25(33)17-42-29)28(34)24(31-30(35)36)15-19-5-7-20(39-3)8-6-19/h5-12,18,23-29,31,33-34H,13-17H2,1-4H3,(H,35,36)/t23-,24-,25-,26-,27?,28+,29-/m0/s1. The molecule has 0 bridgehead atoms. The first kappa shape index (κ1) is 33.0. The van der Waals surface area contributed by atoms with Crippen LogP contribution in [0.5, 0.6) is 11.5 Å². The van der Waals surface area contributed by atoms with Crippen LogP contribution in [0.3, 0.4) is 0 Å². The van der Waals surface area contributed by atoms with Crippen LogP contribution in [0, 0.1) is 17.8 Å². The summed E-state index contributed by atoms with van der Waals surface area (Å²) in [6.07, 6.45) is -4.22. The Labute approximate surface area is 252 Å². The number of sulfonamides is 1. The number of rotatable bonds is 13. The Hall–Kier alpha value is -2.94. The Morgan fingerprint density at radius 3 is 2.21 bits per heavy atom. The smallest absolute Gasteiger partial charge is 0.404 e. The molecule has 1 unspecified atom stereocenters. The van der Waals surface area contributed by atoms with Gasteiger partial charge in [0, 0.05) is 12.5 Å². The number of aliphatic hydroxyl groups is 2. The van der Waals surface area contributed by atoms with Gasteiger partial charge < -0.3 is 39.6 Å². The van der Waals surface area contributed by atoms with Gasteiger partial charge in [0.05, 0.1) is 56.6 Å². The van der Waals surface area contributed by atoms with Gasteiger partial charge in [0.2, 0.25) is 10.0 Å². The SMILES string of the molecule is COc1ccc(C[C@H](NC(=O)O)[C@@H](O)C([C@H]2CCO[C@H]3OC[C@H](O)[C@@H]32)N(CC(C)C)S(=O)(=O)c2ccc(OC)cc2)cc1. The van der Waals surface area contributed by atoms with Crippen molar-refractivity contribution in [1.82, 2.24) is 9.62 Å². The van der Waals surface area contributed by atoms with Crippen LogP contribution >= 0.6 is 0 Å². The zero-order valence-electron chi connectivity index (χ0n) is 24.8. The Bertz CT molecular complexity index is 1300. The highest BCUT2D eigenvalue weighted by Gasteiger charge is 2.53. The van der Waals surface area contributed by atoms with E-state index in [-0.39, 0.29) is 37.0 Å². The third-order valence-corrected chi connectivity index (χ3v) is 9.96. The fourth-order valence-electron chi connectivity index (χ4n) is 6.08. The van der Waals surface area contributed by atoms with Crippen LogP contribution < -0.4 is 14.8 Å². The number of carbonyl (C=O) groups is 1. The number of carboxylic acid groups (broad SMARTS) is 1. The molecule has 2 aromatic rings. The van der Waals surface area contributed by atoms with Gasteiger partial charge in [-0.3, -0.25) is 0 Å². The summed E-state index contributed by atoms with van der Waals surface area (Å²) in [5, 5.41) is 35.3. The molecule has 0 spiro atoms. The Balaban J connectivity index is 1.82. The molecule has 0 aliphatic carbocycles. The van der Waals surface area contributed by atoms with Gasteiger partial charge in [0.25, 0.3) is 0 Å². The molecule has 0 aromatic heterocycles. The van der Waals surface area contributed by atoms with Gasteiger partial charge in [-0.15, -0.1) is 0 Å². The lowest BCUT2D eigenvalue weighted by atomic mass is 9.75. The number of amides is 1. The Kier molecular flexibility index (Phi) is 10.9. The van der Waals surface area contributed by atoms with Crippen molar-refractivity contribution in [3.05, 3.63) is 54.1 Å². The summed E-state index contributed by atoms with van der Waals surface area (Å²) >= 11 is 0. The van der Waals surface area contributed by atoms with Crippen molar-refractivity contribution in [2.75, 3.05) is 34.0 Å². The molecule has 2 aromatic carbocycles. The van der Waals surface area contributed by atoms with Crippen LogP contribution in [-0.4, -0.2) is 98.7 Å². The lowest BCUT2D eigenvalue weighted by molar-refractivity contribution is -0.181. The number of benzene rings is 2. The first-order chi connectivity index (χ1) is 20.5. The van der Waals surface area contributed by atoms with E-state index in [0.29, 0.717) is 23.5 Å². The lowest BCUT2D eigenvalue weighted by Gasteiger charge is -2.46. The maximum Gasteiger partial charge on any atom is 0.404 e. The maximum atomic E-state index is 14.4. The molecule has 1 amide bonds. The normalized spacial score (nSPS) is 24.3. The number of nitrogens with one attached hydrogen (secondary N) is 1. The minimum absolute atomic E-state index is 0.00382. The van der Waals surface area contributed by atoms with Crippen molar-refractivity contribution >= 4 is 16.1 Å². The van der Waals surface area contributed by atoms with E-state index < -0.39 is 58.5 Å². The van der Waals surface area contributed by atoms with Crippen molar-refractivity contribution in [1.29, 1.82) is 0 Å². The fraction of sp³-hybridized carbons (Fsp3) is 0.567. The summed E-state index contributed by atoms with van der Waals surface area (Å²) in [6, 6.07) is 10.7. The summed E-state index contributed by atoms with van der Waals surface area (Å²) in [4.78, 5) is 12.0. The number of hydrogen-bond donors (Lipinski definition) is 4. The third kappa shape index (κ3) is 7.59. The molecule has 12 nitrogen and oxygen atoms in total. The molecule has 43 heavy (non-hydrogen) atoms. The van der Waals surface area contributed by atoms with Crippen molar-refractivity contribution in [3.63, 3.8) is 0 Å². The summed E-state index contributed by atoms with van der Waals surface area (Å²) in [5.74, 6) is -0.320. The van der Waals surface area contributed by atoms with E-state index in [1.165, 1.54) is 30.7 Å². The second-order valence-electron chi connectivity index (χ2n) is 11.4. The molecule has 0 saturated carbocycles. The molecule has 238 valence electrons. The van der Waals surface area contributed by atoms with E-state index in [0.717, 1.165) is 0 Å². The Morgan fingerprint density at radius 2 is 1.65 bits per heavy atom. The summed E-state index contributed by atoms with van der Waals surface area (Å²) in [5.41, 5.74) is 0.708. The van der Waals surface area contributed by atoms with Crippen LogP contribution in [0.15, 0.2) is 53.4 Å². The molecular weight excluding hydrogens is 580 g/mol. The van der Waals surface area contributed by atoms with Gasteiger partial charge in [0.1, 0.15) is 11.5 Å². The molecule has 4 rings (SSSR count). The zero-order chi connectivity index (χ0) is 31.3. The van der Waals surface area contributed by atoms with Crippen LogP contribution in [0.4, 0.5) is 4.79 Å². The summed E-state index contributed by atoms with van der Waals surface area (Å²) < 4.78 is 51.9. The molecule has 2 fully saturated rings. The highest BCUT2D eigenvalue weighted by molar-refractivity contribution is 7.89. The van der Waals surface area contributed by atoms with Crippen molar-refractivity contribution < 1.29 is 47.5 Å². The predicted molar refractivity (Wildman–Crippen MR) is 156 cm³/mol. The topological polar surface area (TPSA) is 164 Å². The van der Waals surface area contributed by atoms with Crippen LogP contribution in [0.1, 0.15) is 25.8 Å². The van der Waals surface area contributed by atoms with Crippen LogP contribution in [-0.2, 0) is 25.9 Å². The number of ether oxygens (including phenoxy) is 4. The van der Waals surface area contributed by atoms with E-state index in [1.54, 1.807) is 36.4 Å². The second kappa shape index (κ2) is 14.2. The molecule has 4 N–H and O–H groups in total. The zero-order valence-corrected chi connectivity index (χ0v) is 25.6. The minimum atomic E-state index is -4.24. The molecule has 2 aliphatic rings. The van der Waals surface area contributed by atoms with Crippen molar-refractivity contribution in [3.8, 4) is 11.5 Å². The molecule has 13 heteroatoms. The van der Waals surface area contributed by atoms with Gasteiger partial charge in [-0.25, -0.2) is 13.2 Å². The second-order valence-corrected chi connectivity index (χ2v) is 13.3. The molecule has 2 saturated heterocycles. The van der Waals surface area contributed by atoms with E-state index in [4.69, 9.17) is 18.9 Å². The first-order valence-electron chi connectivity index (χ1n) is 14.3. The van der Waals surface area contributed by atoms with E-state index in [2.05, 4.69) is 5.32 Å². The highest BCUT2D eigenvalue weighted by atomic mass is 32.2. The maximum absolute atomic E-state index is 14.4. The first-order valence-corrected chi connectivity index (χ1v) is 15.8. The molecule has 2 aliphatic heterocycles. The number of fused-ring (bicyclic) bond motifs is 1. The van der Waals surface area contributed by atoms with Gasteiger partial charge >= 0.3 is 6.09 Å². The summed E-state index contributed by atoms with van der Waals surface area (Å²) in [7, 11) is -1.23. The third-order valence-electron chi connectivity index (χ3n) is 8.09. The monoisotopic (exact) mass is 622 g/mol. The summed E-state index contributed by atoms with van der Waals surface area (Å²) in [6.45, 7) is 3.99. The molecular formula is C30H42N2O10S. The molecule has 2 heterocycles. The quantitative estimate of drug-likeness (QED) is 0.261. The fourth-order valence-corrected chi connectivity index (χ4v) is 7.93. The van der Waals surface area contributed by atoms with Crippen LogP contribution in [0.2, 0.25) is 0 Å². The average Bonchev–Trinajstić information content (AvgIpc) is 3.37. The van der Waals surface area contributed by atoms with E-state index in [1.807, 2.05) is 13.8 Å². The largest absolute Gasteiger partial charge is 0.497 e. The number of nitrogens with zero attached hydrogens (tertiary/aromatic N) is 1. The van der Waals surface area contributed by atoms with Gasteiger partial charge in [0.15, 0.2) is 6.29 Å². The number of hydrogen-bond acceptors (Lipinski definition) is 9. The Morgan fingerprint density at radius 1 is 1.05 bits per heavy atom. The lowest BCUT2D eigenvalue weighted by Crippen LogP contribution is -2.62. The van der Waals surface area contributed by atoms with Crippen molar-refractivity contribution in [2.45, 2.75) is 62.2 Å².